The minimum absolute atomic E-state index is 0.127. The zero-order valence-corrected chi connectivity index (χ0v) is 9.99. The highest BCUT2D eigenvalue weighted by molar-refractivity contribution is 5.68. The van der Waals surface area contributed by atoms with Gasteiger partial charge in [0.15, 0.2) is 0 Å². The highest BCUT2D eigenvalue weighted by Crippen LogP contribution is 2.30. The van der Waals surface area contributed by atoms with E-state index in [1.807, 2.05) is 14.1 Å². The topological polar surface area (TPSA) is 43.8 Å². The van der Waals surface area contributed by atoms with E-state index in [9.17, 15) is 4.79 Å². The average molecular weight is 214 g/mol. The number of carboxylic acid groups (broad SMARTS) is 1. The quantitative estimate of drug-likeness (QED) is 0.754. The minimum Gasteiger partial charge on any atom is -0.481 e. The lowest BCUT2D eigenvalue weighted by Gasteiger charge is -2.45. The molecule has 0 aromatic rings. The molecule has 0 aromatic heterocycles. The lowest BCUT2D eigenvalue weighted by molar-refractivity contribution is -0.141. The lowest BCUT2D eigenvalue weighted by atomic mass is 9.83. The van der Waals surface area contributed by atoms with Crippen molar-refractivity contribution < 1.29 is 9.90 Å². The summed E-state index contributed by atoms with van der Waals surface area (Å²) in [6.07, 6.45) is 2.18. The van der Waals surface area contributed by atoms with Crippen molar-refractivity contribution in [3.8, 4) is 0 Å². The number of carbonyl (C=O) groups is 1. The van der Waals surface area contributed by atoms with E-state index >= 15 is 0 Å². The Kier molecular flexibility index (Phi) is 4.11. The molecule has 1 heterocycles. The predicted molar refractivity (Wildman–Crippen MR) is 60.0 cm³/mol. The third-order valence-electron chi connectivity index (χ3n) is 3.66. The molecular formula is C11H22N2O2. The first kappa shape index (κ1) is 12.5. The summed E-state index contributed by atoms with van der Waals surface area (Å²) in [5.74, 6) is -0.686. The van der Waals surface area contributed by atoms with Gasteiger partial charge in [-0.3, -0.25) is 4.79 Å². The van der Waals surface area contributed by atoms with Crippen LogP contribution in [0.2, 0.25) is 0 Å². The Morgan fingerprint density at radius 3 is 2.27 bits per heavy atom. The fraction of sp³-hybridized carbons (Fsp3) is 0.909. The first-order chi connectivity index (χ1) is 7.00. The molecule has 0 aromatic carbocycles. The summed E-state index contributed by atoms with van der Waals surface area (Å²) >= 11 is 0. The molecule has 1 aliphatic rings. The zero-order valence-electron chi connectivity index (χ0n) is 9.99. The van der Waals surface area contributed by atoms with E-state index in [0.29, 0.717) is 0 Å². The summed E-state index contributed by atoms with van der Waals surface area (Å²) in [5, 5.41) is 8.96. The lowest BCUT2D eigenvalue weighted by Crippen LogP contribution is -2.53. The highest BCUT2D eigenvalue weighted by atomic mass is 16.4. The molecule has 0 radical (unpaired) electrons. The zero-order chi connectivity index (χ0) is 11.5. The molecule has 88 valence electrons. The standard InChI is InChI=1S/C11H22N2O2/c1-4-13-7-5-11(6-8-13,12(2)3)9-10(14)15/h4-9H2,1-3H3,(H,14,15). The maximum absolute atomic E-state index is 10.9. The van der Waals surface area contributed by atoms with Crippen molar-refractivity contribution in [2.24, 2.45) is 0 Å². The number of aliphatic carboxylic acids is 1. The summed E-state index contributed by atoms with van der Waals surface area (Å²) in [7, 11) is 3.98. The molecule has 1 N–H and O–H groups in total. The predicted octanol–water partition coefficient (Wildman–Crippen LogP) is 0.877. The van der Waals surface area contributed by atoms with Crippen molar-refractivity contribution in [1.82, 2.24) is 9.80 Å². The van der Waals surface area contributed by atoms with Gasteiger partial charge in [0.2, 0.25) is 0 Å². The molecule has 0 aliphatic carbocycles. The van der Waals surface area contributed by atoms with Crippen LogP contribution in [0, 0.1) is 0 Å². The van der Waals surface area contributed by atoms with E-state index in [-0.39, 0.29) is 12.0 Å². The summed E-state index contributed by atoms with van der Waals surface area (Å²) in [6.45, 7) is 5.25. The van der Waals surface area contributed by atoms with E-state index in [1.165, 1.54) is 0 Å². The maximum Gasteiger partial charge on any atom is 0.305 e. The number of nitrogens with zero attached hydrogens (tertiary/aromatic N) is 2. The van der Waals surface area contributed by atoms with Crippen molar-refractivity contribution in [2.45, 2.75) is 31.7 Å². The van der Waals surface area contributed by atoms with E-state index < -0.39 is 5.97 Å². The first-order valence-corrected chi connectivity index (χ1v) is 5.62. The Labute approximate surface area is 91.9 Å². The van der Waals surface area contributed by atoms with Gasteiger partial charge in [0.1, 0.15) is 0 Å². The molecule has 1 saturated heterocycles. The Balaban J connectivity index is 2.64. The Morgan fingerprint density at radius 1 is 1.40 bits per heavy atom. The van der Waals surface area contributed by atoms with Crippen LogP contribution in [0.1, 0.15) is 26.2 Å². The van der Waals surface area contributed by atoms with Crippen molar-refractivity contribution in [2.75, 3.05) is 33.7 Å². The van der Waals surface area contributed by atoms with Crippen LogP contribution < -0.4 is 0 Å². The van der Waals surface area contributed by atoms with Crippen LogP contribution in [-0.2, 0) is 4.79 Å². The van der Waals surface area contributed by atoms with E-state index in [0.717, 1.165) is 32.5 Å². The van der Waals surface area contributed by atoms with Crippen LogP contribution in [0.5, 0.6) is 0 Å². The van der Waals surface area contributed by atoms with Gasteiger partial charge in [0.25, 0.3) is 0 Å². The number of hydrogen-bond donors (Lipinski definition) is 1. The summed E-state index contributed by atoms with van der Waals surface area (Å²) in [5.41, 5.74) is -0.127. The van der Waals surface area contributed by atoms with E-state index in [1.54, 1.807) is 0 Å². The van der Waals surface area contributed by atoms with E-state index in [4.69, 9.17) is 5.11 Å². The van der Waals surface area contributed by atoms with Crippen LogP contribution in [0.4, 0.5) is 0 Å². The van der Waals surface area contributed by atoms with Gasteiger partial charge in [-0.05, 0) is 46.6 Å². The van der Waals surface area contributed by atoms with Gasteiger partial charge in [-0.15, -0.1) is 0 Å². The van der Waals surface area contributed by atoms with Crippen molar-refractivity contribution in [3.05, 3.63) is 0 Å². The van der Waals surface area contributed by atoms with E-state index in [2.05, 4.69) is 16.7 Å². The van der Waals surface area contributed by atoms with Gasteiger partial charge in [0.05, 0.1) is 6.42 Å². The smallest absolute Gasteiger partial charge is 0.305 e. The molecule has 0 spiro atoms. The number of piperidine rings is 1. The molecule has 0 bridgehead atoms. The van der Waals surface area contributed by atoms with Crippen LogP contribution in [0.25, 0.3) is 0 Å². The first-order valence-electron chi connectivity index (χ1n) is 5.62. The molecule has 1 aliphatic heterocycles. The third kappa shape index (κ3) is 2.92. The SMILES string of the molecule is CCN1CCC(CC(=O)O)(N(C)C)CC1. The molecule has 0 unspecified atom stereocenters. The fourth-order valence-electron chi connectivity index (χ4n) is 2.35. The van der Waals surface area contributed by atoms with Crippen molar-refractivity contribution >= 4 is 5.97 Å². The maximum atomic E-state index is 10.9. The minimum atomic E-state index is -0.686. The van der Waals surface area contributed by atoms with Gasteiger partial charge < -0.3 is 14.9 Å². The molecule has 15 heavy (non-hydrogen) atoms. The average Bonchev–Trinajstić information content (AvgIpc) is 2.17. The summed E-state index contributed by atoms with van der Waals surface area (Å²) in [6, 6.07) is 0. The Bertz CT molecular complexity index is 221. The van der Waals surface area contributed by atoms with Crippen LogP contribution in [0.3, 0.4) is 0 Å². The van der Waals surface area contributed by atoms with Crippen LogP contribution >= 0.6 is 0 Å². The summed E-state index contributed by atoms with van der Waals surface area (Å²) < 4.78 is 0. The normalized spacial score (nSPS) is 21.9. The van der Waals surface area contributed by atoms with Crippen LogP contribution in [-0.4, -0.2) is 60.1 Å². The highest BCUT2D eigenvalue weighted by Gasteiger charge is 2.37. The number of likely N-dealkylation sites (tertiary alicyclic amines) is 1. The molecule has 0 saturated carbocycles. The Hall–Kier alpha value is -0.610. The van der Waals surface area contributed by atoms with Gasteiger partial charge in [-0.25, -0.2) is 0 Å². The number of carboxylic acids is 1. The van der Waals surface area contributed by atoms with Crippen molar-refractivity contribution in [1.29, 1.82) is 0 Å². The molecule has 4 nitrogen and oxygen atoms in total. The van der Waals surface area contributed by atoms with Crippen LogP contribution in [0.15, 0.2) is 0 Å². The fourth-order valence-corrected chi connectivity index (χ4v) is 2.35. The molecule has 1 fully saturated rings. The molecular weight excluding hydrogens is 192 g/mol. The molecule has 0 amide bonds. The molecule has 0 atom stereocenters. The molecule has 1 rings (SSSR count). The van der Waals surface area contributed by atoms with Gasteiger partial charge in [0, 0.05) is 5.54 Å². The molecule has 4 heteroatoms. The number of rotatable bonds is 4. The summed E-state index contributed by atoms with van der Waals surface area (Å²) in [4.78, 5) is 15.4. The van der Waals surface area contributed by atoms with Gasteiger partial charge >= 0.3 is 5.97 Å². The second-order valence-corrected chi connectivity index (χ2v) is 4.62. The van der Waals surface area contributed by atoms with Gasteiger partial charge in [-0.1, -0.05) is 6.92 Å². The van der Waals surface area contributed by atoms with Gasteiger partial charge in [-0.2, -0.15) is 0 Å². The second-order valence-electron chi connectivity index (χ2n) is 4.62. The largest absolute Gasteiger partial charge is 0.481 e. The Morgan fingerprint density at radius 2 is 1.93 bits per heavy atom. The van der Waals surface area contributed by atoms with Crippen molar-refractivity contribution in [3.63, 3.8) is 0 Å². The third-order valence-corrected chi connectivity index (χ3v) is 3.66. The monoisotopic (exact) mass is 214 g/mol. The second kappa shape index (κ2) is 4.94. The number of hydrogen-bond acceptors (Lipinski definition) is 3.